The van der Waals surface area contributed by atoms with Gasteiger partial charge in [-0.15, -0.1) is 0 Å². The minimum atomic E-state index is -4.45. The van der Waals surface area contributed by atoms with Gasteiger partial charge in [0.2, 0.25) is 5.60 Å². The highest BCUT2D eigenvalue weighted by atomic mass is 32.1. The number of carbonyl (C=O) groups is 1. The van der Waals surface area contributed by atoms with E-state index < -0.39 is 23.2 Å². The summed E-state index contributed by atoms with van der Waals surface area (Å²) in [5, 5.41) is 0.971. The van der Waals surface area contributed by atoms with Crippen LogP contribution in [0.1, 0.15) is 18.1 Å². The predicted molar refractivity (Wildman–Crippen MR) is 89.4 cm³/mol. The van der Waals surface area contributed by atoms with Crippen LogP contribution in [0.25, 0.3) is 0 Å². The number of para-hydroxylation sites is 1. The van der Waals surface area contributed by atoms with Crippen molar-refractivity contribution in [2.24, 2.45) is 0 Å². The van der Waals surface area contributed by atoms with Crippen LogP contribution in [0, 0.1) is 0 Å². The summed E-state index contributed by atoms with van der Waals surface area (Å²) in [4.78, 5) is 12.8. The van der Waals surface area contributed by atoms with Gasteiger partial charge < -0.3 is 4.74 Å². The maximum atomic E-state index is 12.8. The molecule has 25 heavy (non-hydrogen) atoms. The van der Waals surface area contributed by atoms with Crippen LogP contribution in [0.5, 0.6) is 0 Å². The van der Waals surface area contributed by atoms with Gasteiger partial charge in [0.15, 0.2) is 0 Å². The van der Waals surface area contributed by atoms with E-state index in [0.29, 0.717) is 5.69 Å². The number of alkyl halides is 3. The third-order valence-corrected chi connectivity index (χ3v) is 4.13. The molecule has 1 saturated heterocycles. The molecular formula is C17H13F3N2O2S. The number of halogens is 3. The number of benzene rings is 2. The van der Waals surface area contributed by atoms with Crippen molar-refractivity contribution < 1.29 is 22.7 Å². The van der Waals surface area contributed by atoms with E-state index in [1.807, 2.05) is 6.07 Å². The Bertz CT molecular complexity index is 809. The van der Waals surface area contributed by atoms with E-state index in [-0.39, 0.29) is 10.7 Å². The summed E-state index contributed by atoms with van der Waals surface area (Å²) in [6.07, 6.45) is -4.45. The maximum absolute atomic E-state index is 12.8. The highest BCUT2D eigenvalue weighted by molar-refractivity contribution is 7.80. The van der Waals surface area contributed by atoms with Gasteiger partial charge in [-0.2, -0.15) is 18.2 Å². The minimum Gasteiger partial charge on any atom is -0.448 e. The van der Waals surface area contributed by atoms with Gasteiger partial charge in [0.25, 0.3) is 11.1 Å². The van der Waals surface area contributed by atoms with Crippen LogP contribution in [-0.4, -0.2) is 16.1 Å². The summed E-state index contributed by atoms with van der Waals surface area (Å²) in [5.41, 5.74) is 1.45. The Balaban J connectivity index is 1.87. The Hall–Kier alpha value is -2.61. The van der Waals surface area contributed by atoms with Crippen LogP contribution < -0.4 is 5.43 Å². The van der Waals surface area contributed by atoms with E-state index in [0.717, 1.165) is 17.1 Å². The van der Waals surface area contributed by atoms with Crippen LogP contribution in [0.15, 0.2) is 54.6 Å². The Morgan fingerprint density at radius 2 is 1.68 bits per heavy atom. The van der Waals surface area contributed by atoms with Crippen molar-refractivity contribution in [1.82, 2.24) is 5.01 Å². The normalized spacial score (nSPS) is 20.6. The lowest BCUT2D eigenvalue weighted by molar-refractivity contribution is -0.137. The average molecular weight is 366 g/mol. The molecule has 2 aromatic rings. The molecule has 3 rings (SSSR count). The molecule has 1 aliphatic heterocycles. The number of nitrogens with one attached hydrogen (secondary N) is 1. The third kappa shape index (κ3) is 3.17. The molecule has 1 aliphatic rings. The number of ether oxygens (including phenoxy) is 1. The molecule has 1 atom stereocenters. The van der Waals surface area contributed by atoms with Crippen LogP contribution in [-0.2, 0) is 21.3 Å². The number of thiocarbonyl (C=S) groups is 1. The fraction of sp³-hybridized carbons (Fsp3) is 0.176. The zero-order valence-electron chi connectivity index (χ0n) is 13.0. The lowest BCUT2D eigenvalue weighted by atomic mass is 9.94. The topological polar surface area (TPSA) is 41.6 Å². The Kier molecular flexibility index (Phi) is 4.16. The van der Waals surface area contributed by atoms with Crippen molar-refractivity contribution in [3.8, 4) is 0 Å². The minimum absolute atomic E-state index is 0.101. The van der Waals surface area contributed by atoms with Crippen molar-refractivity contribution in [2.75, 3.05) is 5.43 Å². The first-order valence-electron chi connectivity index (χ1n) is 7.29. The number of hydrogen-bond donors (Lipinski definition) is 1. The van der Waals surface area contributed by atoms with Crippen molar-refractivity contribution >= 4 is 29.0 Å². The second-order valence-corrected chi connectivity index (χ2v) is 5.94. The van der Waals surface area contributed by atoms with Crippen LogP contribution in [0.3, 0.4) is 0 Å². The Morgan fingerprint density at radius 3 is 2.24 bits per heavy atom. The number of hydrogen-bond acceptors (Lipinski definition) is 4. The number of carbonyl (C=O) groups excluding carboxylic acids is 1. The van der Waals surface area contributed by atoms with E-state index in [2.05, 4.69) is 5.43 Å². The summed E-state index contributed by atoms with van der Waals surface area (Å²) >= 11 is 5.09. The predicted octanol–water partition coefficient (Wildman–Crippen LogP) is 4.09. The molecule has 4 nitrogen and oxygen atoms in total. The molecular weight excluding hydrogens is 353 g/mol. The van der Waals surface area contributed by atoms with E-state index in [4.69, 9.17) is 17.0 Å². The van der Waals surface area contributed by atoms with Crippen molar-refractivity contribution in [3.05, 3.63) is 65.7 Å². The number of nitrogens with zero attached hydrogens (tertiary/aromatic N) is 1. The summed E-state index contributed by atoms with van der Waals surface area (Å²) in [6.45, 7) is 1.47. The summed E-state index contributed by atoms with van der Waals surface area (Å²) < 4.78 is 43.6. The number of hydrazine groups is 1. The number of amides is 1. The lowest BCUT2D eigenvalue weighted by Crippen LogP contribution is -2.39. The fourth-order valence-electron chi connectivity index (χ4n) is 2.46. The molecule has 0 aliphatic carbocycles. The third-order valence-electron chi connectivity index (χ3n) is 3.86. The van der Waals surface area contributed by atoms with Crippen LogP contribution >= 0.6 is 12.2 Å². The first kappa shape index (κ1) is 17.2. The lowest BCUT2D eigenvalue weighted by Gasteiger charge is -2.21. The van der Waals surface area contributed by atoms with Crippen LogP contribution in [0.4, 0.5) is 18.9 Å². The van der Waals surface area contributed by atoms with Crippen LogP contribution in [0.2, 0.25) is 0 Å². The smallest absolute Gasteiger partial charge is 0.416 e. The zero-order valence-corrected chi connectivity index (χ0v) is 13.8. The highest BCUT2D eigenvalue weighted by Gasteiger charge is 2.50. The number of anilines is 1. The van der Waals surface area contributed by atoms with Crippen molar-refractivity contribution in [1.29, 1.82) is 0 Å². The molecule has 2 aromatic carbocycles. The molecule has 0 radical (unpaired) electrons. The average Bonchev–Trinajstić information content (AvgIpc) is 2.79. The summed E-state index contributed by atoms with van der Waals surface area (Å²) in [7, 11) is 0. The Morgan fingerprint density at radius 1 is 1.08 bits per heavy atom. The Labute approximate surface area is 147 Å². The van der Waals surface area contributed by atoms with E-state index >= 15 is 0 Å². The van der Waals surface area contributed by atoms with Gasteiger partial charge in [-0.3, -0.25) is 10.2 Å². The zero-order chi connectivity index (χ0) is 18.2. The quantitative estimate of drug-likeness (QED) is 0.831. The monoisotopic (exact) mass is 366 g/mol. The second-order valence-electron chi connectivity index (χ2n) is 5.59. The van der Waals surface area contributed by atoms with Gasteiger partial charge in [-0.25, -0.2) is 0 Å². The van der Waals surface area contributed by atoms with Gasteiger partial charge in [-0.1, -0.05) is 30.3 Å². The molecule has 130 valence electrons. The molecule has 0 aromatic heterocycles. The molecule has 0 spiro atoms. The fourth-order valence-corrected chi connectivity index (χ4v) is 2.75. The second kappa shape index (κ2) is 6.03. The molecule has 1 unspecified atom stereocenters. The van der Waals surface area contributed by atoms with E-state index in [1.165, 1.54) is 19.1 Å². The number of rotatable bonds is 3. The van der Waals surface area contributed by atoms with Gasteiger partial charge in [-0.05, 0) is 43.4 Å². The summed E-state index contributed by atoms with van der Waals surface area (Å²) in [6, 6.07) is 13.1. The van der Waals surface area contributed by atoms with Gasteiger partial charge >= 0.3 is 6.18 Å². The molecule has 1 N–H and O–H groups in total. The molecule has 0 saturated carbocycles. The van der Waals surface area contributed by atoms with Gasteiger partial charge in [0, 0.05) is 5.56 Å². The van der Waals surface area contributed by atoms with Crippen molar-refractivity contribution in [2.45, 2.75) is 18.7 Å². The molecule has 0 bridgehead atoms. The highest BCUT2D eigenvalue weighted by Crippen LogP contribution is 2.36. The molecule has 1 amide bonds. The van der Waals surface area contributed by atoms with Gasteiger partial charge in [0.1, 0.15) is 0 Å². The van der Waals surface area contributed by atoms with E-state index in [9.17, 15) is 18.0 Å². The summed E-state index contributed by atoms with van der Waals surface area (Å²) in [5.74, 6) is -0.513. The van der Waals surface area contributed by atoms with Crippen molar-refractivity contribution in [3.63, 3.8) is 0 Å². The first-order valence-corrected chi connectivity index (χ1v) is 7.69. The molecule has 1 fully saturated rings. The maximum Gasteiger partial charge on any atom is 0.416 e. The van der Waals surface area contributed by atoms with Gasteiger partial charge in [0.05, 0.1) is 11.3 Å². The first-order chi connectivity index (χ1) is 11.7. The standard InChI is InChI=1S/C17H13F3N2O2S/c1-16(11-7-9-12(10-8-11)17(18,19)20)14(23)22(15(25)24-16)21-13-5-3-2-4-6-13/h2-10,21H,1H3. The van der Waals surface area contributed by atoms with E-state index in [1.54, 1.807) is 24.3 Å². The molecule has 8 heteroatoms. The SMILES string of the molecule is CC1(c2ccc(C(F)(F)F)cc2)OC(=S)N(Nc2ccccc2)C1=O. The largest absolute Gasteiger partial charge is 0.448 e. The molecule has 1 heterocycles.